The van der Waals surface area contributed by atoms with Gasteiger partial charge in [-0.25, -0.2) is 4.79 Å². The van der Waals surface area contributed by atoms with Gasteiger partial charge in [0, 0.05) is 18.8 Å². The van der Waals surface area contributed by atoms with Crippen molar-refractivity contribution in [3.8, 4) is 0 Å². The van der Waals surface area contributed by atoms with Crippen LogP contribution >= 0.6 is 0 Å². The number of nitrogens with two attached hydrogens (primary N) is 1. The van der Waals surface area contributed by atoms with E-state index >= 15 is 0 Å². The van der Waals surface area contributed by atoms with Gasteiger partial charge in [0.05, 0.1) is 17.4 Å². The van der Waals surface area contributed by atoms with Gasteiger partial charge in [0.25, 0.3) is 0 Å². The largest absolute Gasteiger partial charge is 0.478 e. The second-order valence-electron chi connectivity index (χ2n) is 4.32. The van der Waals surface area contributed by atoms with E-state index in [9.17, 15) is 9.90 Å². The molecule has 92 valence electrons. The lowest BCUT2D eigenvalue weighted by molar-refractivity contribution is 0.0697. The second-order valence-corrected chi connectivity index (χ2v) is 4.32. The van der Waals surface area contributed by atoms with Gasteiger partial charge in [-0.1, -0.05) is 0 Å². The zero-order chi connectivity index (χ0) is 12.4. The Morgan fingerprint density at radius 3 is 2.88 bits per heavy atom. The molecule has 1 fully saturated rings. The van der Waals surface area contributed by atoms with Crippen molar-refractivity contribution in [3.05, 3.63) is 23.8 Å². The Bertz CT molecular complexity index is 434. The molecule has 1 aromatic rings. The maximum atomic E-state index is 11.2. The molecule has 1 aromatic carbocycles. The first-order chi connectivity index (χ1) is 8.08. The van der Waals surface area contributed by atoms with Gasteiger partial charge in [-0.05, 0) is 31.0 Å². The molecule has 1 saturated heterocycles. The number of anilines is 2. The fraction of sp³-hybridized carbons (Fsp3) is 0.417. The maximum Gasteiger partial charge on any atom is 0.337 e. The Kier molecular flexibility index (Phi) is 3.19. The van der Waals surface area contributed by atoms with Crippen LogP contribution in [-0.2, 0) is 0 Å². The SMILES string of the molecule is Nc1ccc(N2CCCC(O)C2)c(C(=O)O)c1. The van der Waals surface area contributed by atoms with Gasteiger partial charge in [0.15, 0.2) is 0 Å². The fourth-order valence-corrected chi connectivity index (χ4v) is 2.17. The minimum Gasteiger partial charge on any atom is -0.478 e. The molecule has 1 unspecified atom stereocenters. The van der Waals surface area contributed by atoms with Crippen LogP contribution in [0, 0.1) is 0 Å². The molecule has 0 amide bonds. The number of piperidine rings is 1. The molecular weight excluding hydrogens is 220 g/mol. The van der Waals surface area contributed by atoms with Crippen molar-refractivity contribution in [3.63, 3.8) is 0 Å². The first kappa shape index (κ1) is 11.7. The topological polar surface area (TPSA) is 86.8 Å². The molecule has 1 atom stereocenters. The third-order valence-electron chi connectivity index (χ3n) is 2.99. The number of benzene rings is 1. The highest BCUT2D eigenvalue weighted by Crippen LogP contribution is 2.26. The molecular formula is C12H16N2O3. The predicted molar refractivity (Wildman–Crippen MR) is 65.3 cm³/mol. The number of carboxylic acid groups (broad SMARTS) is 1. The average Bonchev–Trinajstić information content (AvgIpc) is 2.28. The number of nitrogen functional groups attached to an aromatic ring is 1. The van der Waals surface area contributed by atoms with Gasteiger partial charge in [-0.3, -0.25) is 0 Å². The number of carbonyl (C=O) groups is 1. The number of carboxylic acids is 1. The van der Waals surface area contributed by atoms with E-state index in [-0.39, 0.29) is 11.7 Å². The van der Waals surface area contributed by atoms with Crippen LogP contribution < -0.4 is 10.6 Å². The number of β-amino-alcohol motifs (C(OH)–C–C–N with tert-alkyl or cyclic N) is 1. The third kappa shape index (κ3) is 2.50. The summed E-state index contributed by atoms with van der Waals surface area (Å²) in [5.74, 6) is -0.993. The third-order valence-corrected chi connectivity index (χ3v) is 2.99. The van der Waals surface area contributed by atoms with E-state index < -0.39 is 5.97 Å². The van der Waals surface area contributed by atoms with Gasteiger partial charge in [-0.2, -0.15) is 0 Å². The molecule has 17 heavy (non-hydrogen) atoms. The molecule has 5 nitrogen and oxygen atoms in total. The van der Waals surface area contributed by atoms with Crippen molar-refractivity contribution in [2.75, 3.05) is 23.7 Å². The molecule has 4 N–H and O–H groups in total. The summed E-state index contributed by atoms with van der Waals surface area (Å²) in [6.07, 6.45) is 1.25. The summed E-state index contributed by atoms with van der Waals surface area (Å²) in [5, 5.41) is 18.8. The molecule has 1 heterocycles. The van der Waals surface area contributed by atoms with Crippen molar-refractivity contribution >= 4 is 17.3 Å². The highest BCUT2D eigenvalue weighted by molar-refractivity contribution is 5.95. The summed E-state index contributed by atoms with van der Waals surface area (Å²) in [5.41, 5.74) is 6.85. The van der Waals surface area contributed by atoms with E-state index in [1.54, 1.807) is 12.1 Å². The lowest BCUT2D eigenvalue weighted by atomic mass is 10.0. The van der Waals surface area contributed by atoms with Crippen molar-refractivity contribution in [1.29, 1.82) is 0 Å². The van der Waals surface area contributed by atoms with Gasteiger partial charge in [-0.15, -0.1) is 0 Å². The van der Waals surface area contributed by atoms with Crippen molar-refractivity contribution in [2.24, 2.45) is 0 Å². The molecule has 0 aliphatic carbocycles. The Morgan fingerprint density at radius 2 is 2.24 bits per heavy atom. The first-order valence-corrected chi connectivity index (χ1v) is 5.64. The second kappa shape index (κ2) is 4.63. The summed E-state index contributed by atoms with van der Waals surface area (Å²) in [7, 11) is 0. The first-order valence-electron chi connectivity index (χ1n) is 5.64. The zero-order valence-corrected chi connectivity index (χ0v) is 9.47. The number of aliphatic hydroxyl groups excluding tert-OH is 1. The van der Waals surface area contributed by atoms with E-state index in [1.165, 1.54) is 6.07 Å². The molecule has 0 aromatic heterocycles. The molecule has 5 heteroatoms. The highest BCUT2D eigenvalue weighted by atomic mass is 16.4. The van der Waals surface area contributed by atoms with E-state index in [2.05, 4.69) is 0 Å². The van der Waals surface area contributed by atoms with Crippen LogP contribution in [0.3, 0.4) is 0 Å². The van der Waals surface area contributed by atoms with Crippen LogP contribution in [0.5, 0.6) is 0 Å². The van der Waals surface area contributed by atoms with Gasteiger partial charge in [0.1, 0.15) is 0 Å². The Hall–Kier alpha value is -1.75. The molecule has 0 spiro atoms. The summed E-state index contributed by atoms with van der Waals surface area (Å²) < 4.78 is 0. The maximum absolute atomic E-state index is 11.2. The van der Waals surface area contributed by atoms with Crippen LogP contribution in [0.2, 0.25) is 0 Å². The number of aliphatic hydroxyl groups is 1. The van der Waals surface area contributed by atoms with E-state index in [0.29, 0.717) is 17.9 Å². The number of hydrogen-bond acceptors (Lipinski definition) is 4. The lowest BCUT2D eigenvalue weighted by Gasteiger charge is -2.32. The van der Waals surface area contributed by atoms with E-state index in [4.69, 9.17) is 10.8 Å². The van der Waals surface area contributed by atoms with Gasteiger partial charge < -0.3 is 20.8 Å². The minimum absolute atomic E-state index is 0.194. The Morgan fingerprint density at radius 1 is 1.47 bits per heavy atom. The van der Waals surface area contributed by atoms with Crippen LogP contribution in [-0.4, -0.2) is 35.4 Å². The van der Waals surface area contributed by atoms with Crippen LogP contribution in [0.1, 0.15) is 23.2 Å². The Labute approximate surface area is 99.5 Å². The summed E-state index contributed by atoms with van der Waals surface area (Å²) >= 11 is 0. The normalized spacial score (nSPS) is 20.3. The van der Waals surface area contributed by atoms with Gasteiger partial charge >= 0.3 is 5.97 Å². The monoisotopic (exact) mass is 236 g/mol. The lowest BCUT2D eigenvalue weighted by Crippen LogP contribution is -2.39. The van der Waals surface area contributed by atoms with Crippen molar-refractivity contribution in [1.82, 2.24) is 0 Å². The number of rotatable bonds is 2. The molecule has 1 aliphatic rings. The zero-order valence-electron chi connectivity index (χ0n) is 9.47. The smallest absolute Gasteiger partial charge is 0.337 e. The van der Waals surface area contributed by atoms with Crippen LogP contribution in [0.4, 0.5) is 11.4 Å². The molecule has 2 rings (SSSR count). The van der Waals surface area contributed by atoms with Crippen LogP contribution in [0.25, 0.3) is 0 Å². The standard InChI is InChI=1S/C12H16N2O3/c13-8-3-4-11(10(6-8)12(16)17)14-5-1-2-9(15)7-14/h3-4,6,9,15H,1-2,5,7,13H2,(H,16,17). The summed E-state index contributed by atoms with van der Waals surface area (Å²) in [6, 6.07) is 4.85. The number of aromatic carboxylic acids is 1. The van der Waals surface area contributed by atoms with Crippen molar-refractivity contribution < 1.29 is 15.0 Å². The predicted octanol–water partition coefficient (Wildman–Crippen LogP) is 0.928. The van der Waals surface area contributed by atoms with E-state index in [0.717, 1.165) is 19.4 Å². The van der Waals surface area contributed by atoms with E-state index in [1.807, 2.05) is 4.90 Å². The van der Waals surface area contributed by atoms with Crippen molar-refractivity contribution in [2.45, 2.75) is 18.9 Å². The van der Waals surface area contributed by atoms with Crippen LogP contribution in [0.15, 0.2) is 18.2 Å². The highest BCUT2D eigenvalue weighted by Gasteiger charge is 2.22. The molecule has 0 radical (unpaired) electrons. The molecule has 0 saturated carbocycles. The molecule has 0 bridgehead atoms. The van der Waals surface area contributed by atoms with Gasteiger partial charge in [0.2, 0.25) is 0 Å². The quantitative estimate of drug-likeness (QED) is 0.665. The fourth-order valence-electron chi connectivity index (χ4n) is 2.17. The summed E-state index contributed by atoms with van der Waals surface area (Å²) in [4.78, 5) is 13.1. The summed E-state index contributed by atoms with van der Waals surface area (Å²) in [6.45, 7) is 1.24. The molecule has 1 aliphatic heterocycles. The average molecular weight is 236 g/mol. The Balaban J connectivity index is 2.33. The number of hydrogen-bond donors (Lipinski definition) is 3. The minimum atomic E-state index is -0.993. The number of nitrogens with zero attached hydrogens (tertiary/aromatic N) is 1.